The van der Waals surface area contributed by atoms with E-state index in [4.69, 9.17) is 0 Å². The van der Waals surface area contributed by atoms with Crippen molar-refractivity contribution < 1.29 is 4.79 Å². The van der Waals surface area contributed by atoms with E-state index in [1.165, 1.54) is 25.9 Å². The summed E-state index contributed by atoms with van der Waals surface area (Å²) < 4.78 is 0. The largest absolute Gasteiger partial charge is 0.302 e. The first kappa shape index (κ1) is 11.1. The van der Waals surface area contributed by atoms with Gasteiger partial charge in [-0.25, -0.2) is 0 Å². The molecule has 2 fully saturated rings. The number of hydrogen-bond acceptors (Lipinski definition) is 3. The van der Waals surface area contributed by atoms with Crippen LogP contribution in [0.25, 0.3) is 0 Å². The summed E-state index contributed by atoms with van der Waals surface area (Å²) >= 11 is 0. The van der Waals surface area contributed by atoms with Gasteiger partial charge in [-0.3, -0.25) is 9.69 Å². The van der Waals surface area contributed by atoms with Gasteiger partial charge in [-0.15, -0.1) is 0 Å². The van der Waals surface area contributed by atoms with Crippen LogP contribution >= 0.6 is 0 Å². The van der Waals surface area contributed by atoms with Crippen LogP contribution in [0, 0.1) is 0 Å². The first-order valence-electron chi connectivity index (χ1n) is 6.22. The molecule has 1 saturated heterocycles. The quantitative estimate of drug-likeness (QED) is 0.695. The van der Waals surface area contributed by atoms with Gasteiger partial charge in [0.1, 0.15) is 5.78 Å². The van der Waals surface area contributed by atoms with Crippen LogP contribution in [0.2, 0.25) is 0 Å². The first-order valence-corrected chi connectivity index (χ1v) is 6.22. The van der Waals surface area contributed by atoms with E-state index in [2.05, 4.69) is 16.8 Å². The molecule has 15 heavy (non-hydrogen) atoms. The second kappa shape index (κ2) is 5.08. The molecule has 1 saturated carbocycles. The summed E-state index contributed by atoms with van der Waals surface area (Å²) in [7, 11) is 2.10. The first-order chi connectivity index (χ1) is 7.27. The molecule has 1 aliphatic carbocycles. The highest BCUT2D eigenvalue weighted by Crippen LogP contribution is 2.19. The molecule has 1 atom stereocenters. The minimum Gasteiger partial charge on any atom is -0.302 e. The van der Waals surface area contributed by atoms with Crippen LogP contribution < -0.4 is 0 Å². The fourth-order valence-corrected chi connectivity index (χ4v) is 2.72. The normalized spacial score (nSPS) is 28.1. The Balaban J connectivity index is 1.71. The summed E-state index contributed by atoms with van der Waals surface area (Å²) in [6, 6.07) is 0.229. The Morgan fingerprint density at radius 2 is 2.07 bits per heavy atom. The van der Waals surface area contributed by atoms with Crippen molar-refractivity contribution in [2.75, 3.05) is 33.2 Å². The fourth-order valence-electron chi connectivity index (χ4n) is 2.72. The minimum absolute atomic E-state index is 0.229. The molecule has 86 valence electrons. The average Bonchev–Trinajstić information content (AvgIpc) is 2.84. The molecule has 0 radical (unpaired) electrons. The zero-order chi connectivity index (χ0) is 10.7. The van der Waals surface area contributed by atoms with Crippen LogP contribution in [0.15, 0.2) is 0 Å². The summed E-state index contributed by atoms with van der Waals surface area (Å²) in [5.74, 6) is 0.457. The Hall–Kier alpha value is -0.410. The smallest absolute Gasteiger partial charge is 0.149 e. The second-order valence-corrected chi connectivity index (χ2v) is 4.90. The Bertz CT molecular complexity index is 224. The molecule has 2 rings (SSSR count). The van der Waals surface area contributed by atoms with E-state index in [0.717, 1.165) is 32.4 Å². The molecule has 2 aliphatic rings. The van der Waals surface area contributed by atoms with Crippen LogP contribution in [0.4, 0.5) is 0 Å². The third kappa shape index (κ3) is 2.79. The molecular weight excluding hydrogens is 188 g/mol. The maximum Gasteiger partial charge on any atom is 0.149 e. The second-order valence-electron chi connectivity index (χ2n) is 4.90. The van der Waals surface area contributed by atoms with Crippen molar-refractivity contribution in [3.63, 3.8) is 0 Å². The van der Waals surface area contributed by atoms with Crippen molar-refractivity contribution in [2.24, 2.45) is 0 Å². The van der Waals surface area contributed by atoms with E-state index >= 15 is 0 Å². The number of rotatable bonds is 4. The van der Waals surface area contributed by atoms with Crippen LogP contribution in [0.5, 0.6) is 0 Å². The number of ketones is 1. The molecule has 0 amide bonds. The van der Waals surface area contributed by atoms with Gasteiger partial charge in [0.15, 0.2) is 0 Å². The lowest BCUT2D eigenvalue weighted by Crippen LogP contribution is -2.39. The Morgan fingerprint density at radius 3 is 2.67 bits per heavy atom. The van der Waals surface area contributed by atoms with E-state index in [1.54, 1.807) is 0 Å². The van der Waals surface area contributed by atoms with E-state index < -0.39 is 0 Å². The SMILES string of the molecule is CN(CCN1CCCC1)C1CCCC1=O. The van der Waals surface area contributed by atoms with Crippen molar-refractivity contribution in [3.05, 3.63) is 0 Å². The molecule has 3 heteroatoms. The number of likely N-dealkylation sites (N-methyl/N-ethyl adjacent to an activating group) is 1. The molecule has 3 nitrogen and oxygen atoms in total. The van der Waals surface area contributed by atoms with Crippen LogP contribution in [0.1, 0.15) is 32.1 Å². The molecule has 1 aliphatic heterocycles. The molecule has 0 bridgehead atoms. The predicted molar refractivity (Wildman–Crippen MR) is 61.0 cm³/mol. The number of likely N-dealkylation sites (tertiary alicyclic amines) is 1. The summed E-state index contributed by atoms with van der Waals surface area (Å²) in [6.45, 7) is 4.70. The Kier molecular flexibility index (Phi) is 3.76. The van der Waals surface area contributed by atoms with Crippen molar-refractivity contribution in [1.29, 1.82) is 0 Å². The van der Waals surface area contributed by atoms with Crippen LogP contribution in [-0.4, -0.2) is 54.9 Å². The fraction of sp³-hybridized carbons (Fsp3) is 0.917. The summed E-state index contributed by atoms with van der Waals surface area (Å²) in [6.07, 6.45) is 5.68. The van der Waals surface area contributed by atoms with Gasteiger partial charge in [-0.2, -0.15) is 0 Å². The summed E-state index contributed by atoms with van der Waals surface area (Å²) in [5, 5.41) is 0. The Morgan fingerprint density at radius 1 is 1.33 bits per heavy atom. The highest BCUT2D eigenvalue weighted by atomic mass is 16.1. The zero-order valence-electron chi connectivity index (χ0n) is 9.74. The lowest BCUT2D eigenvalue weighted by molar-refractivity contribution is -0.121. The lowest BCUT2D eigenvalue weighted by Gasteiger charge is -2.25. The predicted octanol–water partition coefficient (Wildman–Crippen LogP) is 1.14. The number of carbonyl (C=O) groups excluding carboxylic acids is 1. The van der Waals surface area contributed by atoms with Crippen LogP contribution in [0.3, 0.4) is 0 Å². The van der Waals surface area contributed by atoms with E-state index in [1.807, 2.05) is 0 Å². The summed E-state index contributed by atoms with van der Waals surface area (Å²) in [5.41, 5.74) is 0. The van der Waals surface area contributed by atoms with Gasteiger partial charge in [-0.05, 0) is 45.8 Å². The number of carbonyl (C=O) groups is 1. The van der Waals surface area contributed by atoms with E-state index in [9.17, 15) is 4.79 Å². The number of hydrogen-bond donors (Lipinski definition) is 0. The van der Waals surface area contributed by atoms with Gasteiger partial charge in [0, 0.05) is 19.5 Å². The van der Waals surface area contributed by atoms with Gasteiger partial charge in [0.25, 0.3) is 0 Å². The monoisotopic (exact) mass is 210 g/mol. The van der Waals surface area contributed by atoms with Gasteiger partial charge in [0.05, 0.1) is 6.04 Å². The highest BCUT2D eigenvalue weighted by Gasteiger charge is 2.27. The third-order valence-electron chi connectivity index (χ3n) is 3.77. The zero-order valence-corrected chi connectivity index (χ0v) is 9.74. The van der Waals surface area contributed by atoms with Crippen molar-refractivity contribution in [1.82, 2.24) is 9.80 Å². The van der Waals surface area contributed by atoms with E-state index in [-0.39, 0.29) is 6.04 Å². The van der Waals surface area contributed by atoms with Gasteiger partial charge in [-0.1, -0.05) is 0 Å². The van der Waals surface area contributed by atoms with Gasteiger partial charge >= 0.3 is 0 Å². The maximum absolute atomic E-state index is 11.6. The van der Waals surface area contributed by atoms with Crippen molar-refractivity contribution in [3.8, 4) is 0 Å². The van der Waals surface area contributed by atoms with Crippen molar-refractivity contribution in [2.45, 2.75) is 38.1 Å². The number of Topliss-reactive ketones (excluding diaryl/α,β-unsaturated/α-hetero) is 1. The molecule has 0 aromatic heterocycles. The Labute approximate surface area is 92.4 Å². The van der Waals surface area contributed by atoms with Gasteiger partial charge < -0.3 is 4.90 Å². The average molecular weight is 210 g/mol. The summed E-state index contributed by atoms with van der Waals surface area (Å²) in [4.78, 5) is 16.3. The standard InChI is InChI=1S/C12H22N2O/c1-13(11-5-4-6-12(11)15)9-10-14-7-2-3-8-14/h11H,2-10H2,1H3. The molecule has 0 aromatic rings. The molecule has 0 aromatic carbocycles. The maximum atomic E-state index is 11.6. The molecule has 1 heterocycles. The topological polar surface area (TPSA) is 23.6 Å². The highest BCUT2D eigenvalue weighted by molar-refractivity contribution is 5.85. The number of nitrogens with zero attached hydrogens (tertiary/aromatic N) is 2. The van der Waals surface area contributed by atoms with Crippen molar-refractivity contribution >= 4 is 5.78 Å². The molecule has 0 spiro atoms. The van der Waals surface area contributed by atoms with Gasteiger partial charge in [0.2, 0.25) is 0 Å². The van der Waals surface area contributed by atoms with E-state index in [0.29, 0.717) is 5.78 Å². The van der Waals surface area contributed by atoms with Crippen LogP contribution in [-0.2, 0) is 4.79 Å². The third-order valence-corrected chi connectivity index (χ3v) is 3.77. The minimum atomic E-state index is 0.229. The molecule has 0 N–H and O–H groups in total. The molecular formula is C12H22N2O. The molecule has 1 unspecified atom stereocenters. The lowest BCUT2D eigenvalue weighted by atomic mass is 10.2.